The molecule has 2 amide bonds. The molecule has 1 aromatic carbocycles. The van der Waals surface area contributed by atoms with Gasteiger partial charge in [0.05, 0.1) is 47.1 Å². The van der Waals surface area contributed by atoms with Crippen molar-refractivity contribution >= 4 is 11.8 Å². The van der Waals surface area contributed by atoms with Gasteiger partial charge in [0.25, 0.3) is 5.91 Å². The minimum atomic E-state index is -4.48. The van der Waals surface area contributed by atoms with Crippen molar-refractivity contribution < 1.29 is 27.9 Å². The molecule has 222 valence electrons. The van der Waals surface area contributed by atoms with E-state index in [1.165, 1.54) is 12.1 Å². The van der Waals surface area contributed by atoms with Crippen LogP contribution in [-0.2, 0) is 11.0 Å². The Hall–Kier alpha value is -2.92. The third-order valence-corrected chi connectivity index (χ3v) is 9.33. The summed E-state index contributed by atoms with van der Waals surface area (Å²) >= 11 is 0. The maximum Gasteiger partial charge on any atom is 0.416 e. The highest BCUT2D eigenvalue weighted by molar-refractivity contribution is 5.96. The van der Waals surface area contributed by atoms with Crippen molar-refractivity contribution in [2.75, 3.05) is 39.3 Å². The molecular formula is C30H38F3N5O3. The van der Waals surface area contributed by atoms with Crippen LogP contribution in [0.5, 0.6) is 0 Å². The number of aliphatic hydroxyl groups is 1. The molecule has 1 atom stereocenters. The summed E-state index contributed by atoms with van der Waals surface area (Å²) in [4.78, 5) is 30.5. The number of rotatable bonds is 9. The summed E-state index contributed by atoms with van der Waals surface area (Å²) in [5.41, 5.74) is 0.614. The van der Waals surface area contributed by atoms with Crippen LogP contribution < -0.4 is 5.32 Å². The molecule has 2 aliphatic carbocycles. The number of piperidine rings is 1. The Morgan fingerprint density at radius 3 is 2.44 bits per heavy atom. The number of aromatic nitrogens is 2. The highest BCUT2D eigenvalue weighted by Gasteiger charge is 2.51. The van der Waals surface area contributed by atoms with Crippen LogP contribution in [-0.4, -0.2) is 75.8 Å². The van der Waals surface area contributed by atoms with E-state index in [2.05, 4.69) is 10.2 Å². The lowest BCUT2D eigenvalue weighted by molar-refractivity contribution is -0.138. The van der Waals surface area contributed by atoms with Gasteiger partial charge in [-0.2, -0.15) is 18.3 Å². The predicted octanol–water partition coefficient (Wildman–Crippen LogP) is 4.28. The van der Waals surface area contributed by atoms with Crippen LogP contribution in [0.25, 0.3) is 0 Å². The SMILES string of the molecule is O=C(c1cnn(C2CCN(CC3(C(=O)NCCO)CC3)CC2)c1C1CC1)N1CCCC1c1ccccc1C(F)(F)F. The van der Waals surface area contributed by atoms with Gasteiger partial charge in [-0.25, -0.2) is 0 Å². The van der Waals surface area contributed by atoms with Gasteiger partial charge in [-0.1, -0.05) is 18.2 Å². The summed E-state index contributed by atoms with van der Waals surface area (Å²) in [6.07, 6.45) is 3.73. The zero-order chi connectivity index (χ0) is 28.8. The second-order valence-electron chi connectivity index (χ2n) is 12.2. The summed E-state index contributed by atoms with van der Waals surface area (Å²) in [6.45, 7) is 3.01. The molecule has 8 nitrogen and oxygen atoms in total. The summed E-state index contributed by atoms with van der Waals surface area (Å²) in [6, 6.07) is 5.14. The second-order valence-corrected chi connectivity index (χ2v) is 12.2. The zero-order valence-electron chi connectivity index (χ0n) is 23.2. The predicted molar refractivity (Wildman–Crippen MR) is 145 cm³/mol. The van der Waals surface area contributed by atoms with Crippen molar-refractivity contribution in [1.29, 1.82) is 0 Å². The summed E-state index contributed by atoms with van der Waals surface area (Å²) < 4.78 is 43.4. The number of likely N-dealkylation sites (tertiary alicyclic amines) is 2. The van der Waals surface area contributed by atoms with Gasteiger partial charge in [0.15, 0.2) is 0 Å². The molecule has 2 saturated heterocycles. The molecule has 1 unspecified atom stereocenters. The third kappa shape index (κ3) is 5.62. The fraction of sp³-hybridized carbons (Fsp3) is 0.633. The number of aliphatic hydroxyl groups excluding tert-OH is 1. The molecule has 1 aromatic heterocycles. The fourth-order valence-corrected chi connectivity index (χ4v) is 6.84. The first kappa shape index (κ1) is 28.2. The van der Waals surface area contributed by atoms with E-state index < -0.39 is 17.8 Å². The van der Waals surface area contributed by atoms with Crippen LogP contribution in [0.4, 0.5) is 13.2 Å². The van der Waals surface area contributed by atoms with Gasteiger partial charge in [-0.15, -0.1) is 0 Å². The monoisotopic (exact) mass is 573 g/mol. The highest BCUT2D eigenvalue weighted by atomic mass is 19.4. The molecule has 0 radical (unpaired) electrons. The number of halogens is 3. The van der Waals surface area contributed by atoms with Gasteiger partial charge in [-0.3, -0.25) is 14.3 Å². The first-order valence-electron chi connectivity index (χ1n) is 14.9. The molecule has 3 heterocycles. The molecule has 2 aromatic rings. The van der Waals surface area contributed by atoms with E-state index in [0.29, 0.717) is 31.5 Å². The van der Waals surface area contributed by atoms with E-state index in [4.69, 9.17) is 10.2 Å². The van der Waals surface area contributed by atoms with E-state index in [-0.39, 0.29) is 47.9 Å². The largest absolute Gasteiger partial charge is 0.416 e. The van der Waals surface area contributed by atoms with E-state index >= 15 is 0 Å². The van der Waals surface area contributed by atoms with Gasteiger partial charge >= 0.3 is 6.18 Å². The van der Waals surface area contributed by atoms with Gasteiger partial charge in [0.2, 0.25) is 5.91 Å². The molecule has 2 N–H and O–H groups in total. The van der Waals surface area contributed by atoms with Crippen molar-refractivity contribution in [3.05, 3.63) is 52.8 Å². The molecule has 0 spiro atoms. The number of carbonyl (C=O) groups excluding carboxylic acids is 2. The van der Waals surface area contributed by atoms with Gasteiger partial charge < -0.3 is 20.2 Å². The van der Waals surface area contributed by atoms with E-state index in [9.17, 15) is 22.8 Å². The molecule has 0 bridgehead atoms. The Labute approximate surface area is 237 Å². The average molecular weight is 574 g/mol. The Morgan fingerprint density at radius 2 is 1.78 bits per heavy atom. The Bertz CT molecular complexity index is 1280. The van der Waals surface area contributed by atoms with Crippen molar-refractivity contribution in [2.45, 2.75) is 75.5 Å². The number of hydrogen-bond acceptors (Lipinski definition) is 5. The highest BCUT2D eigenvalue weighted by Crippen LogP contribution is 2.48. The molecule has 41 heavy (non-hydrogen) atoms. The number of hydrogen-bond donors (Lipinski definition) is 2. The second kappa shape index (κ2) is 11.1. The summed E-state index contributed by atoms with van der Waals surface area (Å²) in [7, 11) is 0. The molecule has 2 saturated carbocycles. The summed E-state index contributed by atoms with van der Waals surface area (Å²) in [5.74, 6) is 0.0561. The van der Waals surface area contributed by atoms with Gasteiger partial charge in [0.1, 0.15) is 0 Å². The Morgan fingerprint density at radius 1 is 1.05 bits per heavy atom. The number of alkyl halides is 3. The van der Waals surface area contributed by atoms with Crippen LogP contribution in [0.1, 0.15) is 96.5 Å². The van der Waals surface area contributed by atoms with Crippen molar-refractivity contribution in [2.24, 2.45) is 5.41 Å². The molecule has 4 fully saturated rings. The Kier molecular flexibility index (Phi) is 7.61. The standard InChI is InChI=1S/C30H38F3N5O3/c31-30(32,33)24-5-2-1-4-22(24)25-6-3-14-37(25)27(40)23-18-35-38(26(23)20-7-8-20)21-9-15-36(16-10-21)19-29(11-12-29)28(41)34-13-17-39/h1-2,4-5,18,20-21,25,39H,3,6-17,19H2,(H,34,41). The van der Waals surface area contributed by atoms with E-state index in [0.717, 1.165) is 63.4 Å². The molecule has 4 aliphatic rings. The minimum Gasteiger partial charge on any atom is -0.395 e. The quantitative estimate of drug-likeness (QED) is 0.468. The number of carbonyl (C=O) groups is 2. The average Bonchev–Trinajstić information content (AvgIpc) is 3.87. The maximum atomic E-state index is 13.9. The van der Waals surface area contributed by atoms with Gasteiger partial charge in [0, 0.05) is 38.6 Å². The number of benzene rings is 1. The lowest BCUT2D eigenvalue weighted by atomic mass is 9.97. The lowest BCUT2D eigenvalue weighted by Gasteiger charge is -2.35. The topological polar surface area (TPSA) is 90.7 Å². The van der Waals surface area contributed by atoms with E-state index in [1.54, 1.807) is 17.2 Å². The normalized spacial score (nSPS) is 23.1. The number of nitrogens with zero attached hydrogens (tertiary/aromatic N) is 4. The first-order valence-corrected chi connectivity index (χ1v) is 14.9. The smallest absolute Gasteiger partial charge is 0.395 e. The number of amides is 2. The summed E-state index contributed by atoms with van der Waals surface area (Å²) in [5, 5.41) is 16.6. The van der Waals surface area contributed by atoms with Crippen LogP contribution >= 0.6 is 0 Å². The lowest BCUT2D eigenvalue weighted by Crippen LogP contribution is -2.44. The minimum absolute atomic E-state index is 0.0259. The first-order chi connectivity index (χ1) is 19.7. The molecule has 2 aliphatic heterocycles. The third-order valence-electron chi connectivity index (χ3n) is 9.33. The molecule has 6 rings (SSSR count). The van der Waals surface area contributed by atoms with Crippen LogP contribution in [0.2, 0.25) is 0 Å². The maximum absolute atomic E-state index is 13.9. The van der Waals surface area contributed by atoms with Crippen molar-refractivity contribution in [3.63, 3.8) is 0 Å². The van der Waals surface area contributed by atoms with Crippen LogP contribution in [0.15, 0.2) is 30.5 Å². The van der Waals surface area contributed by atoms with Crippen molar-refractivity contribution in [1.82, 2.24) is 24.9 Å². The molecule has 11 heteroatoms. The van der Waals surface area contributed by atoms with E-state index in [1.807, 2.05) is 4.68 Å². The molecular weight excluding hydrogens is 535 g/mol. The number of nitrogens with one attached hydrogen (secondary N) is 1. The van der Waals surface area contributed by atoms with Gasteiger partial charge in [-0.05, 0) is 63.0 Å². The van der Waals surface area contributed by atoms with Crippen LogP contribution in [0.3, 0.4) is 0 Å². The zero-order valence-corrected chi connectivity index (χ0v) is 23.2. The fourth-order valence-electron chi connectivity index (χ4n) is 6.84. The van der Waals surface area contributed by atoms with Crippen molar-refractivity contribution in [3.8, 4) is 0 Å². The Balaban J connectivity index is 1.16. The van der Waals surface area contributed by atoms with Crippen LogP contribution in [0, 0.1) is 5.41 Å².